The molecular weight excluding hydrogens is 364 g/mol. The summed E-state index contributed by atoms with van der Waals surface area (Å²) in [5.41, 5.74) is 1.47. The second-order valence-electron chi connectivity index (χ2n) is 6.24. The lowest BCUT2D eigenvalue weighted by molar-refractivity contribution is -0.119. The number of carbonyl (C=O) groups is 1. The topological polar surface area (TPSA) is 75.7 Å². The van der Waals surface area contributed by atoms with Gasteiger partial charge in [0.2, 0.25) is 15.9 Å². The van der Waals surface area contributed by atoms with Crippen molar-refractivity contribution in [1.29, 1.82) is 0 Å². The normalized spacial score (nSPS) is 11.0. The van der Waals surface area contributed by atoms with Crippen molar-refractivity contribution in [3.8, 4) is 5.75 Å². The molecule has 0 fully saturated rings. The standard InChI is InChI=1S/C20H26N2O4S/c1-3-4-14-21-20(23)15-22(27(2,24)25)18-10-12-19(13-11-18)26-16-17-8-6-5-7-9-17/h5-13H,3-4,14-16H2,1-2H3,(H,21,23). The minimum absolute atomic E-state index is 0.243. The minimum atomic E-state index is -3.58. The number of carbonyl (C=O) groups excluding carboxylic acids is 1. The third-order valence-corrected chi connectivity index (χ3v) is 5.05. The fourth-order valence-electron chi connectivity index (χ4n) is 2.44. The Kier molecular flexibility index (Phi) is 7.67. The van der Waals surface area contributed by atoms with Gasteiger partial charge in [-0.25, -0.2) is 8.42 Å². The molecule has 0 aliphatic carbocycles. The Bertz CT molecular complexity index is 821. The van der Waals surface area contributed by atoms with Crippen LogP contribution in [0.25, 0.3) is 0 Å². The van der Waals surface area contributed by atoms with Crippen molar-refractivity contribution in [2.75, 3.05) is 23.7 Å². The summed E-state index contributed by atoms with van der Waals surface area (Å²) < 4.78 is 31.0. The molecule has 2 aromatic rings. The third-order valence-electron chi connectivity index (χ3n) is 3.91. The zero-order valence-electron chi connectivity index (χ0n) is 15.7. The molecule has 27 heavy (non-hydrogen) atoms. The molecule has 0 unspecified atom stereocenters. The number of ether oxygens (including phenoxy) is 1. The van der Waals surface area contributed by atoms with Crippen LogP contribution < -0.4 is 14.4 Å². The Balaban J connectivity index is 2.02. The Hall–Kier alpha value is -2.54. The van der Waals surface area contributed by atoms with Crippen molar-refractivity contribution in [2.24, 2.45) is 0 Å². The van der Waals surface area contributed by atoms with Gasteiger partial charge in [0.1, 0.15) is 18.9 Å². The number of hydrogen-bond acceptors (Lipinski definition) is 4. The highest BCUT2D eigenvalue weighted by Crippen LogP contribution is 2.22. The fraction of sp³-hybridized carbons (Fsp3) is 0.350. The number of amides is 1. The van der Waals surface area contributed by atoms with Gasteiger partial charge < -0.3 is 10.1 Å². The molecule has 0 radical (unpaired) electrons. The maximum Gasteiger partial charge on any atom is 0.240 e. The third kappa shape index (κ3) is 6.94. The molecule has 2 rings (SSSR count). The van der Waals surface area contributed by atoms with E-state index in [9.17, 15) is 13.2 Å². The summed E-state index contributed by atoms with van der Waals surface area (Å²) in [6, 6.07) is 16.4. The minimum Gasteiger partial charge on any atom is -0.489 e. The van der Waals surface area contributed by atoms with Gasteiger partial charge in [0, 0.05) is 6.54 Å². The van der Waals surface area contributed by atoms with Crippen LogP contribution in [0.5, 0.6) is 5.75 Å². The average molecular weight is 391 g/mol. The van der Waals surface area contributed by atoms with Crippen molar-refractivity contribution in [3.05, 3.63) is 60.2 Å². The lowest BCUT2D eigenvalue weighted by Crippen LogP contribution is -2.40. The highest BCUT2D eigenvalue weighted by atomic mass is 32.2. The van der Waals surface area contributed by atoms with Crippen molar-refractivity contribution >= 4 is 21.6 Å². The lowest BCUT2D eigenvalue weighted by atomic mass is 10.2. The van der Waals surface area contributed by atoms with Crippen molar-refractivity contribution < 1.29 is 17.9 Å². The molecule has 0 aromatic heterocycles. The second kappa shape index (κ2) is 9.97. The highest BCUT2D eigenvalue weighted by Gasteiger charge is 2.20. The summed E-state index contributed by atoms with van der Waals surface area (Å²) in [4.78, 5) is 12.0. The van der Waals surface area contributed by atoms with Gasteiger partial charge in [-0.15, -0.1) is 0 Å². The number of nitrogens with zero attached hydrogens (tertiary/aromatic N) is 1. The number of anilines is 1. The van der Waals surface area contributed by atoms with Gasteiger partial charge in [0.25, 0.3) is 0 Å². The molecule has 1 N–H and O–H groups in total. The van der Waals surface area contributed by atoms with Crippen LogP contribution in [0.1, 0.15) is 25.3 Å². The first-order valence-electron chi connectivity index (χ1n) is 8.91. The number of nitrogens with one attached hydrogen (secondary N) is 1. The fourth-order valence-corrected chi connectivity index (χ4v) is 3.30. The van der Waals surface area contributed by atoms with Crippen LogP contribution in [-0.4, -0.2) is 33.7 Å². The molecule has 0 saturated carbocycles. The summed E-state index contributed by atoms with van der Waals surface area (Å²) in [6.07, 6.45) is 2.91. The van der Waals surface area contributed by atoms with Crippen LogP contribution in [-0.2, 0) is 21.4 Å². The summed E-state index contributed by atoms with van der Waals surface area (Å²) in [7, 11) is -3.58. The van der Waals surface area contributed by atoms with E-state index >= 15 is 0 Å². The largest absolute Gasteiger partial charge is 0.489 e. The van der Waals surface area contributed by atoms with E-state index in [1.165, 1.54) is 0 Å². The van der Waals surface area contributed by atoms with E-state index in [4.69, 9.17) is 4.74 Å². The van der Waals surface area contributed by atoms with E-state index in [2.05, 4.69) is 5.32 Å². The molecule has 6 nitrogen and oxygen atoms in total. The second-order valence-corrected chi connectivity index (χ2v) is 8.15. The number of benzene rings is 2. The van der Waals surface area contributed by atoms with Gasteiger partial charge in [-0.1, -0.05) is 43.7 Å². The number of unbranched alkanes of at least 4 members (excludes halogenated alkanes) is 1. The van der Waals surface area contributed by atoms with Gasteiger partial charge in [-0.3, -0.25) is 9.10 Å². The summed E-state index contributed by atoms with van der Waals surface area (Å²) >= 11 is 0. The predicted octanol–water partition coefficient (Wildman–Crippen LogP) is 2.95. The molecule has 2 aromatic carbocycles. The molecule has 0 spiro atoms. The van der Waals surface area contributed by atoms with E-state index < -0.39 is 10.0 Å². The van der Waals surface area contributed by atoms with Crippen LogP contribution in [0.2, 0.25) is 0 Å². The first-order valence-corrected chi connectivity index (χ1v) is 10.8. The average Bonchev–Trinajstić information content (AvgIpc) is 2.65. The smallest absolute Gasteiger partial charge is 0.240 e. The number of sulfonamides is 1. The Morgan fingerprint density at radius 3 is 2.33 bits per heavy atom. The lowest BCUT2D eigenvalue weighted by Gasteiger charge is -2.22. The van der Waals surface area contributed by atoms with Crippen LogP contribution in [0.15, 0.2) is 54.6 Å². The number of rotatable bonds is 10. The monoisotopic (exact) mass is 390 g/mol. The molecule has 1 amide bonds. The van der Waals surface area contributed by atoms with Crippen LogP contribution >= 0.6 is 0 Å². The SMILES string of the molecule is CCCCNC(=O)CN(c1ccc(OCc2ccccc2)cc1)S(C)(=O)=O. The maximum atomic E-state index is 12.1. The van der Waals surface area contributed by atoms with Crippen LogP contribution in [0.4, 0.5) is 5.69 Å². The van der Waals surface area contributed by atoms with Gasteiger partial charge in [0.15, 0.2) is 0 Å². The van der Waals surface area contributed by atoms with Crippen molar-refractivity contribution in [2.45, 2.75) is 26.4 Å². The van der Waals surface area contributed by atoms with Crippen LogP contribution in [0.3, 0.4) is 0 Å². The van der Waals surface area contributed by atoms with Gasteiger partial charge in [-0.2, -0.15) is 0 Å². The van der Waals surface area contributed by atoms with E-state index in [0.717, 1.165) is 29.0 Å². The summed E-state index contributed by atoms with van der Waals surface area (Å²) in [5, 5.41) is 2.74. The molecule has 0 saturated heterocycles. The van der Waals surface area contributed by atoms with Gasteiger partial charge in [-0.05, 0) is 36.2 Å². The summed E-state index contributed by atoms with van der Waals surface area (Å²) in [5.74, 6) is 0.307. The van der Waals surface area contributed by atoms with E-state index in [-0.39, 0.29) is 12.5 Å². The van der Waals surface area contributed by atoms with Gasteiger partial charge >= 0.3 is 0 Å². The highest BCUT2D eigenvalue weighted by molar-refractivity contribution is 7.92. The number of hydrogen-bond donors (Lipinski definition) is 1. The summed E-state index contributed by atoms with van der Waals surface area (Å²) in [6.45, 7) is 2.75. The van der Waals surface area contributed by atoms with Crippen molar-refractivity contribution in [3.63, 3.8) is 0 Å². The molecular formula is C20H26N2O4S. The van der Waals surface area contributed by atoms with Crippen LogP contribution in [0, 0.1) is 0 Å². The van der Waals surface area contributed by atoms with Gasteiger partial charge in [0.05, 0.1) is 11.9 Å². The molecule has 7 heteroatoms. The zero-order valence-corrected chi connectivity index (χ0v) is 16.5. The van der Waals surface area contributed by atoms with E-state index in [1.54, 1.807) is 24.3 Å². The first-order chi connectivity index (χ1) is 12.9. The Labute approximate surface area is 161 Å². The first kappa shape index (κ1) is 20.8. The molecule has 0 aliphatic rings. The van der Waals surface area contributed by atoms with E-state index in [0.29, 0.717) is 24.6 Å². The molecule has 0 atom stereocenters. The molecule has 0 bridgehead atoms. The molecule has 0 heterocycles. The Morgan fingerprint density at radius 1 is 1.07 bits per heavy atom. The predicted molar refractivity (Wildman–Crippen MR) is 107 cm³/mol. The maximum absolute atomic E-state index is 12.1. The van der Waals surface area contributed by atoms with E-state index in [1.807, 2.05) is 37.3 Å². The Morgan fingerprint density at radius 2 is 1.74 bits per heavy atom. The quantitative estimate of drug-likeness (QED) is 0.633. The molecule has 146 valence electrons. The zero-order chi connectivity index (χ0) is 19.7. The molecule has 0 aliphatic heterocycles. The van der Waals surface area contributed by atoms with Crippen molar-refractivity contribution in [1.82, 2.24) is 5.32 Å².